The van der Waals surface area contributed by atoms with Gasteiger partial charge in [-0.3, -0.25) is 5.41 Å². The first-order valence-electron chi connectivity index (χ1n) is 10.3. The molecular formula is C23H30N4O2. The highest BCUT2D eigenvalue weighted by Gasteiger charge is 2.24. The minimum atomic E-state index is -0.606. The molecular weight excluding hydrogens is 364 g/mol. The normalized spacial score (nSPS) is 14.5. The topological polar surface area (TPSA) is 91.4 Å². The standard InChI is InChI=1S/C23H30N4O2/c1-3-16-13-18(15-20(14-16)27-11-5-6-12-27)21(23(28)29-4-2)26-19-9-7-17(8-10-19)22(24)25/h7-10,13-15,21,26H,3-6,11-12H2,1-2H3,(H3,24,25). The first-order valence-corrected chi connectivity index (χ1v) is 10.3. The number of nitrogens with zero attached hydrogens (tertiary/aromatic N) is 1. The van der Waals surface area contributed by atoms with Crippen molar-refractivity contribution in [1.82, 2.24) is 0 Å². The summed E-state index contributed by atoms with van der Waals surface area (Å²) < 4.78 is 5.36. The average Bonchev–Trinajstić information content (AvgIpc) is 3.27. The third kappa shape index (κ3) is 5.08. The van der Waals surface area contributed by atoms with Crippen LogP contribution in [0.15, 0.2) is 42.5 Å². The monoisotopic (exact) mass is 394 g/mol. The summed E-state index contributed by atoms with van der Waals surface area (Å²) in [4.78, 5) is 15.2. The maximum absolute atomic E-state index is 12.8. The van der Waals surface area contributed by atoms with Crippen molar-refractivity contribution in [2.45, 2.75) is 39.2 Å². The molecule has 1 aliphatic heterocycles. The summed E-state index contributed by atoms with van der Waals surface area (Å²) in [6, 6.07) is 13.0. The Hall–Kier alpha value is -3.02. The molecule has 6 heteroatoms. The lowest BCUT2D eigenvalue weighted by Crippen LogP contribution is -2.25. The number of hydrogen-bond donors (Lipinski definition) is 3. The van der Waals surface area contributed by atoms with E-state index in [4.69, 9.17) is 15.9 Å². The lowest BCUT2D eigenvalue weighted by molar-refractivity contribution is -0.144. The molecule has 0 saturated carbocycles. The van der Waals surface area contributed by atoms with Gasteiger partial charge < -0.3 is 20.7 Å². The number of anilines is 2. The number of carbonyl (C=O) groups is 1. The summed E-state index contributed by atoms with van der Waals surface area (Å²) in [7, 11) is 0. The predicted octanol–water partition coefficient (Wildman–Crippen LogP) is 3.85. The summed E-state index contributed by atoms with van der Waals surface area (Å²) in [6.07, 6.45) is 3.30. The Balaban J connectivity index is 1.94. The van der Waals surface area contributed by atoms with Crippen molar-refractivity contribution in [2.75, 3.05) is 29.9 Å². The number of carbonyl (C=O) groups excluding carboxylic acids is 1. The molecule has 1 unspecified atom stereocenters. The number of esters is 1. The van der Waals surface area contributed by atoms with E-state index in [1.165, 1.54) is 24.1 Å². The summed E-state index contributed by atoms with van der Waals surface area (Å²) in [5.41, 5.74) is 10.2. The van der Waals surface area contributed by atoms with Crippen LogP contribution >= 0.6 is 0 Å². The van der Waals surface area contributed by atoms with Crippen LogP contribution in [-0.4, -0.2) is 31.5 Å². The van der Waals surface area contributed by atoms with Gasteiger partial charge in [-0.25, -0.2) is 4.79 Å². The van der Waals surface area contributed by atoms with Crippen LogP contribution in [-0.2, 0) is 16.0 Å². The number of rotatable bonds is 8. The van der Waals surface area contributed by atoms with E-state index in [9.17, 15) is 4.79 Å². The van der Waals surface area contributed by atoms with Gasteiger partial charge in [0, 0.05) is 30.0 Å². The second-order valence-electron chi connectivity index (χ2n) is 7.30. The van der Waals surface area contributed by atoms with Gasteiger partial charge in [-0.1, -0.05) is 13.0 Å². The fourth-order valence-corrected chi connectivity index (χ4v) is 3.65. The highest BCUT2D eigenvalue weighted by Crippen LogP contribution is 2.29. The molecule has 3 rings (SSSR count). The maximum Gasteiger partial charge on any atom is 0.333 e. The zero-order valence-corrected chi connectivity index (χ0v) is 17.2. The number of amidine groups is 1. The third-order valence-electron chi connectivity index (χ3n) is 5.24. The lowest BCUT2D eigenvalue weighted by Gasteiger charge is -2.24. The smallest absolute Gasteiger partial charge is 0.333 e. The average molecular weight is 395 g/mol. The Morgan fingerprint density at radius 3 is 2.45 bits per heavy atom. The van der Waals surface area contributed by atoms with Gasteiger partial charge in [-0.15, -0.1) is 0 Å². The van der Waals surface area contributed by atoms with Crippen LogP contribution in [0.2, 0.25) is 0 Å². The molecule has 0 spiro atoms. The van der Waals surface area contributed by atoms with Gasteiger partial charge in [0.15, 0.2) is 6.04 Å². The lowest BCUT2D eigenvalue weighted by atomic mass is 10.0. The van der Waals surface area contributed by atoms with E-state index in [0.29, 0.717) is 12.2 Å². The van der Waals surface area contributed by atoms with Gasteiger partial charge in [0.1, 0.15) is 5.84 Å². The fourth-order valence-electron chi connectivity index (χ4n) is 3.65. The van der Waals surface area contributed by atoms with Crippen molar-refractivity contribution in [3.8, 4) is 0 Å². The molecule has 1 saturated heterocycles. The van der Waals surface area contributed by atoms with Crippen molar-refractivity contribution >= 4 is 23.2 Å². The van der Waals surface area contributed by atoms with Gasteiger partial charge in [-0.2, -0.15) is 0 Å². The van der Waals surface area contributed by atoms with Crippen LogP contribution in [0, 0.1) is 5.41 Å². The Bertz CT molecular complexity index is 858. The third-order valence-corrected chi connectivity index (χ3v) is 5.24. The molecule has 0 aliphatic carbocycles. The van der Waals surface area contributed by atoms with E-state index in [2.05, 4.69) is 35.3 Å². The Labute approximate surface area is 172 Å². The van der Waals surface area contributed by atoms with Crippen molar-refractivity contribution in [3.05, 3.63) is 59.2 Å². The number of aryl methyl sites for hydroxylation is 1. The quantitative estimate of drug-likeness (QED) is 0.359. The second-order valence-corrected chi connectivity index (χ2v) is 7.30. The van der Waals surface area contributed by atoms with Crippen LogP contribution in [0.4, 0.5) is 11.4 Å². The maximum atomic E-state index is 12.8. The molecule has 0 radical (unpaired) electrons. The summed E-state index contributed by atoms with van der Waals surface area (Å²) in [5, 5.41) is 10.8. The molecule has 0 aromatic heterocycles. The SMILES string of the molecule is CCOC(=O)C(Nc1ccc(C(=N)N)cc1)c1cc(CC)cc(N2CCCC2)c1. The van der Waals surface area contributed by atoms with E-state index in [0.717, 1.165) is 30.8 Å². The van der Waals surface area contributed by atoms with Gasteiger partial charge >= 0.3 is 5.97 Å². The molecule has 4 N–H and O–H groups in total. The van der Waals surface area contributed by atoms with E-state index in [1.54, 1.807) is 12.1 Å². The molecule has 0 bridgehead atoms. The molecule has 1 heterocycles. The van der Waals surface area contributed by atoms with Crippen LogP contribution in [0.1, 0.15) is 49.4 Å². The summed E-state index contributed by atoms with van der Waals surface area (Å²) in [6.45, 7) is 6.37. The van der Waals surface area contributed by atoms with Crippen LogP contribution < -0.4 is 16.0 Å². The highest BCUT2D eigenvalue weighted by molar-refractivity contribution is 5.95. The van der Waals surface area contributed by atoms with E-state index < -0.39 is 6.04 Å². The molecule has 6 nitrogen and oxygen atoms in total. The minimum Gasteiger partial charge on any atom is -0.464 e. The zero-order valence-electron chi connectivity index (χ0n) is 17.2. The zero-order chi connectivity index (χ0) is 20.8. The minimum absolute atomic E-state index is 0.0180. The molecule has 154 valence electrons. The highest BCUT2D eigenvalue weighted by atomic mass is 16.5. The first-order chi connectivity index (χ1) is 14.0. The van der Waals surface area contributed by atoms with Gasteiger partial charge in [-0.05, 0) is 73.7 Å². The van der Waals surface area contributed by atoms with Gasteiger partial charge in [0.25, 0.3) is 0 Å². The van der Waals surface area contributed by atoms with Crippen LogP contribution in [0.5, 0.6) is 0 Å². The summed E-state index contributed by atoms with van der Waals surface area (Å²) in [5.74, 6) is -0.284. The van der Waals surface area contributed by atoms with Crippen LogP contribution in [0.3, 0.4) is 0 Å². The molecule has 1 fully saturated rings. The van der Waals surface area contributed by atoms with Crippen LogP contribution in [0.25, 0.3) is 0 Å². The van der Waals surface area contributed by atoms with Crippen molar-refractivity contribution < 1.29 is 9.53 Å². The molecule has 1 atom stereocenters. The van der Waals surface area contributed by atoms with Gasteiger partial charge in [0.05, 0.1) is 6.61 Å². The first kappa shape index (κ1) is 20.7. The number of hydrogen-bond acceptors (Lipinski definition) is 5. The summed E-state index contributed by atoms with van der Waals surface area (Å²) >= 11 is 0. The number of nitrogens with one attached hydrogen (secondary N) is 2. The number of benzene rings is 2. The van der Waals surface area contributed by atoms with Crippen molar-refractivity contribution in [1.29, 1.82) is 5.41 Å². The number of nitrogens with two attached hydrogens (primary N) is 1. The Morgan fingerprint density at radius 2 is 1.86 bits per heavy atom. The molecule has 1 aliphatic rings. The predicted molar refractivity (Wildman–Crippen MR) is 118 cm³/mol. The van der Waals surface area contributed by atoms with E-state index >= 15 is 0 Å². The molecule has 2 aromatic rings. The van der Waals surface area contributed by atoms with Crippen molar-refractivity contribution in [3.63, 3.8) is 0 Å². The van der Waals surface area contributed by atoms with E-state index in [-0.39, 0.29) is 11.8 Å². The largest absolute Gasteiger partial charge is 0.464 e. The molecule has 0 amide bonds. The Morgan fingerprint density at radius 1 is 1.17 bits per heavy atom. The molecule has 29 heavy (non-hydrogen) atoms. The number of nitrogen functional groups attached to an aromatic ring is 1. The van der Waals surface area contributed by atoms with Crippen molar-refractivity contribution in [2.24, 2.45) is 5.73 Å². The van der Waals surface area contributed by atoms with Gasteiger partial charge in [0.2, 0.25) is 0 Å². The Kier molecular flexibility index (Phi) is 6.75. The van der Waals surface area contributed by atoms with E-state index in [1.807, 2.05) is 19.1 Å². The molecule has 2 aromatic carbocycles. The number of ether oxygens (including phenoxy) is 1. The fraction of sp³-hybridized carbons (Fsp3) is 0.391. The second kappa shape index (κ2) is 9.45.